The summed E-state index contributed by atoms with van der Waals surface area (Å²) in [6.07, 6.45) is 4.47. The van der Waals surface area contributed by atoms with Crippen LogP contribution in [-0.4, -0.2) is 29.6 Å². The van der Waals surface area contributed by atoms with Crippen LogP contribution in [0, 0.1) is 5.82 Å². The molecule has 0 radical (unpaired) electrons. The number of ether oxygens (including phenoxy) is 1. The van der Waals surface area contributed by atoms with Crippen molar-refractivity contribution in [3.05, 3.63) is 42.2 Å². The molecule has 0 unspecified atom stereocenters. The highest BCUT2D eigenvalue weighted by Gasteiger charge is 2.23. The van der Waals surface area contributed by atoms with Gasteiger partial charge in [-0.1, -0.05) is 0 Å². The Morgan fingerprint density at radius 2 is 2.21 bits per heavy atom. The summed E-state index contributed by atoms with van der Waals surface area (Å²) in [6.45, 7) is 2.74. The molecule has 0 bridgehead atoms. The number of aromatic nitrogens is 1. The van der Waals surface area contributed by atoms with Gasteiger partial charge in [0.15, 0.2) is 11.7 Å². The normalized spacial score (nSPS) is 18.5. The zero-order valence-corrected chi connectivity index (χ0v) is 13.6. The lowest BCUT2D eigenvalue weighted by molar-refractivity contribution is -0.122. The first-order valence-corrected chi connectivity index (χ1v) is 8.23. The Morgan fingerprint density at radius 3 is 2.92 bits per heavy atom. The summed E-state index contributed by atoms with van der Waals surface area (Å²) >= 11 is 0. The second-order valence-corrected chi connectivity index (χ2v) is 6.03. The zero-order chi connectivity index (χ0) is 16.9. The third kappa shape index (κ3) is 4.20. The molecule has 1 N–H and O–H groups in total. The van der Waals surface area contributed by atoms with Gasteiger partial charge in [-0.25, -0.2) is 9.37 Å². The Bertz CT molecular complexity index is 678. The first kappa shape index (κ1) is 16.6. The molecule has 1 aromatic heterocycles. The number of carbonyl (C=O) groups excluding carboxylic acids is 1. The van der Waals surface area contributed by atoms with Gasteiger partial charge in [0.05, 0.1) is 18.3 Å². The fraction of sp³-hybridized carbons (Fsp3) is 0.444. The van der Waals surface area contributed by atoms with E-state index in [9.17, 15) is 9.18 Å². The number of halogens is 1. The van der Waals surface area contributed by atoms with Gasteiger partial charge in [0.25, 0.3) is 0 Å². The minimum Gasteiger partial charge on any atom is -0.441 e. The average Bonchev–Trinajstić information content (AvgIpc) is 3.25. The SMILES string of the molecule is C[C@@H](NC(=O)CCc1ncc(-c2ccc(F)cc2)o1)[C@H]1CCCO1. The summed E-state index contributed by atoms with van der Waals surface area (Å²) in [6, 6.07) is 6.03. The molecule has 0 spiro atoms. The van der Waals surface area contributed by atoms with Crippen molar-refractivity contribution in [1.82, 2.24) is 10.3 Å². The van der Waals surface area contributed by atoms with Crippen molar-refractivity contribution in [1.29, 1.82) is 0 Å². The van der Waals surface area contributed by atoms with E-state index in [1.165, 1.54) is 12.1 Å². The number of hydrogen-bond acceptors (Lipinski definition) is 4. The Morgan fingerprint density at radius 1 is 1.42 bits per heavy atom. The summed E-state index contributed by atoms with van der Waals surface area (Å²) in [5, 5.41) is 2.96. The van der Waals surface area contributed by atoms with E-state index in [1.807, 2.05) is 6.92 Å². The predicted octanol–water partition coefficient (Wildman–Crippen LogP) is 3.10. The summed E-state index contributed by atoms with van der Waals surface area (Å²) in [4.78, 5) is 16.2. The van der Waals surface area contributed by atoms with Crippen molar-refractivity contribution in [3.8, 4) is 11.3 Å². The van der Waals surface area contributed by atoms with E-state index in [0.29, 0.717) is 24.5 Å². The van der Waals surface area contributed by atoms with E-state index in [4.69, 9.17) is 9.15 Å². The molecule has 1 aromatic carbocycles. The van der Waals surface area contributed by atoms with Gasteiger partial charge in [0, 0.05) is 25.0 Å². The van der Waals surface area contributed by atoms with Crippen LogP contribution < -0.4 is 5.32 Å². The Hall–Kier alpha value is -2.21. The topological polar surface area (TPSA) is 64.4 Å². The molecule has 0 aliphatic carbocycles. The number of nitrogens with zero attached hydrogens (tertiary/aromatic N) is 1. The van der Waals surface area contributed by atoms with Crippen LogP contribution in [0.15, 0.2) is 34.9 Å². The van der Waals surface area contributed by atoms with Crippen LogP contribution in [-0.2, 0) is 16.0 Å². The third-order valence-corrected chi connectivity index (χ3v) is 4.16. The predicted molar refractivity (Wildman–Crippen MR) is 86.8 cm³/mol. The van der Waals surface area contributed by atoms with Crippen molar-refractivity contribution in [3.63, 3.8) is 0 Å². The fourth-order valence-electron chi connectivity index (χ4n) is 2.81. The molecular weight excluding hydrogens is 311 g/mol. The van der Waals surface area contributed by atoms with Crippen molar-refractivity contribution < 1.29 is 18.3 Å². The standard InChI is InChI=1S/C18H21FN2O3/c1-12(15-3-2-10-23-15)21-17(22)8-9-18-20-11-16(24-18)13-4-6-14(19)7-5-13/h4-7,11-12,15H,2-3,8-10H2,1H3,(H,21,22)/t12-,15-/m1/s1. The quantitative estimate of drug-likeness (QED) is 0.883. The maximum absolute atomic E-state index is 12.9. The lowest BCUT2D eigenvalue weighted by Crippen LogP contribution is -2.40. The van der Waals surface area contributed by atoms with Gasteiger partial charge in [-0.2, -0.15) is 0 Å². The summed E-state index contributed by atoms with van der Waals surface area (Å²) in [5.41, 5.74) is 0.756. The highest BCUT2D eigenvalue weighted by atomic mass is 19.1. The van der Waals surface area contributed by atoms with Crippen molar-refractivity contribution in [2.45, 2.75) is 44.8 Å². The first-order chi connectivity index (χ1) is 11.6. The van der Waals surface area contributed by atoms with Crippen molar-refractivity contribution >= 4 is 5.91 Å². The van der Waals surface area contributed by atoms with Gasteiger partial charge < -0.3 is 14.5 Å². The summed E-state index contributed by atoms with van der Waals surface area (Å²) in [5.74, 6) is 0.724. The number of rotatable bonds is 6. The van der Waals surface area contributed by atoms with Crippen LogP contribution in [0.3, 0.4) is 0 Å². The van der Waals surface area contributed by atoms with E-state index in [1.54, 1.807) is 18.3 Å². The molecule has 128 valence electrons. The number of benzene rings is 1. The molecule has 1 aliphatic rings. The van der Waals surface area contributed by atoms with Gasteiger partial charge in [-0.15, -0.1) is 0 Å². The maximum Gasteiger partial charge on any atom is 0.220 e. The largest absolute Gasteiger partial charge is 0.441 e. The van der Waals surface area contributed by atoms with E-state index in [-0.39, 0.29) is 23.9 Å². The Labute approximate surface area is 140 Å². The molecule has 0 saturated carbocycles. The molecule has 1 saturated heterocycles. The average molecular weight is 332 g/mol. The molecule has 2 atom stereocenters. The molecule has 1 aliphatic heterocycles. The third-order valence-electron chi connectivity index (χ3n) is 4.16. The second-order valence-electron chi connectivity index (χ2n) is 6.03. The molecule has 24 heavy (non-hydrogen) atoms. The highest BCUT2D eigenvalue weighted by molar-refractivity contribution is 5.76. The Balaban J connectivity index is 1.49. The number of aryl methyl sites for hydroxylation is 1. The van der Waals surface area contributed by atoms with Crippen LogP contribution in [0.25, 0.3) is 11.3 Å². The van der Waals surface area contributed by atoms with Crippen LogP contribution in [0.4, 0.5) is 4.39 Å². The molecule has 3 rings (SSSR count). The molecule has 5 nitrogen and oxygen atoms in total. The van der Waals surface area contributed by atoms with Gasteiger partial charge in [0.2, 0.25) is 5.91 Å². The lowest BCUT2D eigenvalue weighted by Gasteiger charge is -2.19. The minimum atomic E-state index is -0.296. The number of oxazole rings is 1. The minimum absolute atomic E-state index is 0.0133. The maximum atomic E-state index is 12.9. The van der Waals surface area contributed by atoms with E-state index in [2.05, 4.69) is 10.3 Å². The van der Waals surface area contributed by atoms with E-state index < -0.39 is 0 Å². The number of carbonyl (C=O) groups is 1. The number of amides is 1. The zero-order valence-electron chi connectivity index (χ0n) is 13.6. The smallest absolute Gasteiger partial charge is 0.220 e. The molecule has 2 aromatic rings. The number of nitrogens with one attached hydrogen (secondary N) is 1. The molecule has 6 heteroatoms. The highest BCUT2D eigenvalue weighted by Crippen LogP contribution is 2.21. The number of hydrogen-bond donors (Lipinski definition) is 1. The monoisotopic (exact) mass is 332 g/mol. The van der Waals surface area contributed by atoms with Gasteiger partial charge in [-0.3, -0.25) is 4.79 Å². The van der Waals surface area contributed by atoms with E-state index in [0.717, 1.165) is 25.0 Å². The van der Waals surface area contributed by atoms with Crippen LogP contribution in [0.2, 0.25) is 0 Å². The van der Waals surface area contributed by atoms with Crippen LogP contribution >= 0.6 is 0 Å². The van der Waals surface area contributed by atoms with Gasteiger partial charge >= 0.3 is 0 Å². The lowest BCUT2D eigenvalue weighted by atomic mass is 10.1. The molecular formula is C18H21FN2O3. The van der Waals surface area contributed by atoms with Gasteiger partial charge in [-0.05, 0) is 44.0 Å². The summed E-state index contributed by atoms with van der Waals surface area (Å²) in [7, 11) is 0. The molecule has 2 heterocycles. The first-order valence-electron chi connectivity index (χ1n) is 8.23. The fourth-order valence-corrected chi connectivity index (χ4v) is 2.81. The summed E-state index contributed by atoms with van der Waals surface area (Å²) < 4.78 is 24.1. The molecule has 1 fully saturated rings. The van der Waals surface area contributed by atoms with Crippen molar-refractivity contribution in [2.24, 2.45) is 0 Å². The molecule has 1 amide bonds. The van der Waals surface area contributed by atoms with Crippen LogP contribution in [0.5, 0.6) is 0 Å². The second kappa shape index (κ2) is 7.57. The Kier molecular flexibility index (Phi) is 5.25. The van der Waals surface area contributed by atoms with E-state index >= 15 is 0 Å². The van der Waals surface area contributed by atoms with Crippen molar-refractivity contribution in [2.75, 3.05) is 6.61 Å². The van der Waals surface area contributed by atoms with Gasteiger partial charge in [0.1, 0.15) is 5.82 Å². The van der Waals surface area contributed by atoms with Crippen LogP contribution in [0.1, 0.15) is 32.1 Å².